The predicted octanol–water partition coefficient (Wildman–Crippen LogP) is 3.06. The van der Waals surface area contributed by atoms with Crippen molar-refractivity contribution in [2.24, 2.45) is 7.05 Å². The highest BCUT2D eigenvalue weighted by Crippen LogP contribution is 2.22. The highest BCUT2D eigenvalue weighted by molar-refractivity contribution is 7.99. The first-order valence-corrected chi connectivity index (χ1v) is 8.52. The van der Waals surface area contributed by atoms with Gasteiger partial charge in [-0.1, -0.05) is 17.8 Å². The molecule has 0 radical (unpaired) electrons. The molecule has 3 aromatic rings. The maximum absolute atomic E-state index is 13.3. The quantitative estimate of drug-likeness (QED) is 0.711. The average molecular weight is 357 g/mol. The Morgan fingerprint density at radius 3 is 2.92 bits per heavy atom. The summed E-state index contributed by atoms with van der Waals surface area (Å²) < 4.78 is 15.1. The molecule has 0 fully saturated rings. The molecule has 1 amide bonds. The van der Waals surface area contributed by atoms with Crippen molar-refractivity contribution < 1.29 is 9.18 Å². The average Bonchev–Trinajstić information content (AvgIpc) is 2.98. The van der Waals surface area contributed by atoms with Crippen molar-refractivity contribution in [3.63, 3.8) is 0 Å². The van der Waals surface area contributed by atoms with Crippen molar-refractivity contribution >= 4 is 23.4 Å². The lowest BCUT2D eigenvalue weighted by Crippen LogP contribution is -2.15. The molecule has 0 aliphatic rings. The molecule has 3 rings (SSSR count). The molecule has 0 saturated heterocycles. The van der Waals surface area contributed by atoms with Crippen LogP contribution in [0, 0.1) is 12.7 Å². The number of hydrogen-bond donors (Lipinski definition) is 1. The van der Waals surface area contributed by atoms with Gasteiger partial charge in [-0.15, -0.1) is 10.2 Å². The van der Waals surface area contributed by atoms with Crippen molar-refractivity contribution in [2.45, 2.75) is 12.1 Å². The molecule has 0 aliphatic heterocycles. The molecule has 6 nitrogen and oxygen atoms in total. The van der Waals surface area contributed by atoms with E-state index in [2.05, 4.69) is 20.5 Å². The molecule has 2 heterocycles. The molecule has 0 spiro atoms. The number of amides is 1. The number of pyridine rings is 1. The van der Waals surface area contributed by atoms with E-state index in [9.17, 15) is 9.18 Å². The Bertz CT molecular complexity index is 897. The van der Waals surface area contributed by atoms with E-state index in [-0.39, 0.29) is 17.5 Å². The Balaban J connectivity index is 1.65. The lowest BCUT2D eigenvalue weighted by Gasteiger charge is -2.08. The van der Waals surface area contributed by atoms with Gasteiger partial charge in [0.1, 0.15) is 5.82 Å². The third-order valence-corrected chi connectivity index (χ3v) is 4.58. The van der Waals surface area contributed by atoms with Gasteiger partial charge in [0.15, 0.2) is 11.0 Å². The Kier molecular flexibility index (Phi) is 5.08. The zero-order chi connectivity index (χ0) is 17.8. The first-order chi connectivity index (χ1) is 12.0. The topological polar surface area (TPSA) is 72.7 Å². The van der Waals surface area contributed by atoms with Gasteiger partial charge >= 0.3 is 0 Å². The third-order valence-electron chi connectivity index (χ3n) is 3.56. The summed E-state index contributed by atoms with van der Waals surface area (Å²) in [5, 5.41) is 11.6. The molecular formula is C17H16FN5OS. The number of carbonyl (C=O) groups is 1. The Morgan fingerprint density at radius 2 is 2.16 bits per heavy atom. The number of hydrogen-bond acceptors (Lipinski definition) is 5. The van der Waals surface area contributed by atoms with Gasteiger partial charge < -0.3 is 9.88 Å². The SMILES string of the molecule is Cc1ccc(F)cc1NC(=O)CSc1nnc(-c2cccnc2)n1C. The van der Waals surface area contributed by atoms with Gasteiger partial charge in [0, 0.05) is 30.7 Å². The molecule has 25 heavy (non-hydrogen) atoms. The maximum Gasteiger partial charge on any atom is 0.234 e. The second-order valence-corrected chi connectivity index (χ2v) is 6.35. The van der Waals surface area contributed by atoms with Crippen LogP contribution in [0.2, 0.25) is 0 Å². The number of thioether (sulfide) groups is 1. The second-order valence-electron chi connectivity index (χ2n) is 5.40. The number of halogens is 1. The van der Waals surface area contributed by atoms with Crippen molar-refractivity contribution in [1.82, 2.24) is 19.7 Å². The second kappa shape index (κ2) is 7.43. The van der Waals surface area contributed by atoms with Crippen molar-refractivity contribution in [3.05, 3.63) is 54.1 Å². The molecule has 1 N–H and O–H groups in total. The fourth-order valence-corrected chi connectivity index (χ4v) is 2.94. The Labute approximate surface area is 148 Å². The van der Waals surface area contributed by atoms with Crippen LogP contribution in [0.15, 0.2) is 47.9 Å². The summed E-state index contributed by atoms with van der Waals surface area (Å²) in [6.45, 7) is 1.81. The molecule has 8 heteroatoms. The normalized spacial score (nSPS) is 10.7. The van der Waals surface area contributed by atoms with Crippen LogP contribution in [0.1, 0.15) is 5.56 Å². The van der Waals surface area contributed by atoms with Crippen LogP contribution in [0.3, 0.4) is 0 Å². The van der Waals surface area contributed by atoms with Crippen molar-refractivity contribution in [1.29, 1.82) is 0 Å². The molecule has 0 bridgehead atoms. The number of rotatable bonds is 5. The van der Waals surface area contributed by atoms with Crippen molar-refractivity contribution in [3.8, 4) is 11.4 Å². The minimum Gasteiger partial charge on any atom is -0.325 e. The van der Waals surface area contributed by atoms with Gasteiger partial charge in [0.2, 0.25) is 5.91 Å². The highest BCUT2D eigenvalue weighted by Gasteiger charge is 2.13. The number of nitrogens with zero attached hydrogens (tertiary/aromatic N) is 4. The van der Waals surface area contributed by atoms with E-state index >= 15 is 0 Å². The monoisotopic (exact) mass is 357 g/mol. The number of carbonyl (C=O) groups excluding carboxylic acids is 1. The third kappa shape index (κ3) is 4.03. The van der Waals surface area contributed by atoms with Gasteiger partial charge in [0.05, 0.1) is 5.75 Å². The largest absolute Gasteiger partial charge is 0.325 e. The summed E-state index contributed by atoms with van der Waals surface area (Å²) in [7, 11) is 1.83. The zero-order valence-electron chi connectivity index (χ0n) is 13.7. The zero-order valence-corrected chi connectivity index (χ0v) is 14.5. The van der Waals surface area contributed by atoms with Crippen LogP contribution in [0.4, 0.5) is 10.1 Å². The van der Waals surface area contributed by atoms with E-state index in [0.29, 0.717) is 16.7 Å². The van der Waals surface area contributed by atoms with Gasteiger partial charge in [-0.05, 0) is 36.8 Å². The Morgan fingerprint density at radius 1 is 1.32 bits per heavy atom. The van der Waals surface area contributed by atoms with Gasteiger partial charge in [-0.2, -0.15) is 0 Å². The Hall–Kier alpha value is -2.74. The minimum absolute atomic E-state index is 0.148. The van der Waals surface area contributed by atoms with Crippen LogP contribution in [0.5, 0.6) is 0 Å². The van der Waals surface area contributed by atoms with Gasteiger partial charge in [-0.3, -0.25) is 9.78 Å². The number of anilines is 1. The minimum atomic E-state index is -0.386. The van der Waals surface area contributed by atoms with E-state index in [1.54, 1.807) is 18.5 Å². The number of nitrogens with one attached hydrogen (secondary N) is 1. The summed E-state index contributed by atoms with van der Waals surface area (Å²) in [5.74, 6) is 0.208. The van der Waals surface area contributed by atoms with Gasteiger partial charge in [-0.25, -0.2) is 4.39 Å². The van der Waals surface area contributed by atoms with Crippen LogP contribution in [-0.4, -0.2) is 31.4 Å². The molecule has 0 aliphatic carbocycles. The maximum atomic E-state index is 13.3. The van der Waals surface area contributed by atoms with E-state index in [0.717, 1.165) is 11.1 Å². The van der Waals surface area contributed by atoms with Crippen LogP contribution >= 0.6 is 11.8 Å². The van der Waals surface area contributed by atoms with E-state index in [1.807, 2.05) is 30.7 Å². The standard InChI is InChI=1S/C17H16FN5OS/c1-11-5-6-13(18)8-14(11)20-15(24)10-25-17-22-21-16(23(17)2)12-4-3-7-19-9-12/h3-9H,10H2,1-2H3,(H,20,24). The first-order valence-electron chi connectivity index (χ1n) is 7.53. The molecule has 1 aromatic carbocycles. The number of benzene rings is 1. The van der Waals surface area contributed by atoms with Crippen LogP contribution in [-0.2, 0) is 11.8 Å². The molecule has 2 aromatic heterocycles. The van der Waals surface area contributed by atoms with Crippen molar-refractivity contribution in [2.75, 3.05) is 11.1 Å². The first kappa shape index (κ1) is 17.1. The smallest absolute Gasteiger partial charge is 0.234 e. The number of aromatic nitrogens is 4. The summed E-state index contributed by atoms with van der Waals surface area (Å²) in [5.41, 5.74) is 2.13. The van der Waals surface area contributed by atoms with E-state index < -0.39 is 0 Å². The molecule has 0 atom stereocenters. The fraction of sp³-hybridized carbons (Fsp3) is 0.176. The lowest BCUT2D eigenvalue weighted by atomic mass is 10.2. The lowest BCUT2D eigenvalue weighted by molar-refractivity contribution is -0.113. The van der Waals surface area contributed by atoms with E-state index in [1.165, 1.54) is 23.9 Å². The summed E-state index contributed by atoms with van der Waals surface area (Å²) in [6.07, 6.45) is 3.40. The molecular weight excluding hydrogens is 341 g/mol. The summed E-state index contributed by atoms with van der Waals surface area (Å²) in [4.78, 5) is 16.2. The summed E-state index contributed by atoms with van der Waals surface area (Å²) in [6, 6.07) is 8.01. The van der Waals surface area contributed by atoms with Gasteiger partial charge in [0.25, 0.3) is 0 Å². The summed E-state index contributed by atoms with van der Waals surface area (Å²) >= 11 is 1.26. The molecule has 0 saturated carbocycles. The highest BCUT2D eigenvalue weighted by atomic mass is 32.2. The number of aryl methyl sites for hydroxylation is 1. The van der Waals surface area contributed by atoms with E-state index in [4.69, 9.17) is 0 Å². The van der Waals surface area contributed by atoms with Crippen LogP contribution < -0.4 is 5.32 Å². The fourth-order valence-electron chi connectivity index (χ4n) is 2.23. The predicted molar refractivity (Wildman–Crippen MR) is 94.7 cm³/mol. The molecule has 128 valence electrons. The molecule has 0 unspecified atom stereocenters. The van der Waals surface area contributed by atoms with Crippen LogP contribution in [0.25, 0.3) is 11.4 Å².